The molecule has 6 aromatic rings. The first-order chi connectivity index (χ1) is 20.4. The minimum Gasteiger partial charge on any atom is -0.493 e. The van der Waals surface area contributed by atoms with Gasteiger partial charge in [-0.2, -0.15) is 9.78 Å². The number of ether oxygens (including phenoxy) is 2. The van der Waals surface area contributed by atoms with Crippen molar-refractivity contribution in [3.05, 3.63) is 128 Å². The van der Waals surface area contributed by atoms with Gasteiger partial charge in [0.25, 0.3) is 5.56 Å². The maximum absolute atomic E-state index is 13.6. The van der Waals surface area contributed by atoms with Gasteiger partial charge < -0.3 is 13.9 Å². The van der Waals surface area contributed by atoms with Crippen molar-refractivity contribution >= 4 is 33.8 Å². The van der Waals surface area contributed by atoms with E-state index < -0.39 is 10.5 Å². The lowest BCUT2D eigenvalue weighted by atomic mass is 10.1. The highest BCUT2D eigenvalue weighted by Gasteiger charge is 2.23. The third-order valence-corrected chi connectivity index (χ3v) is 6.66. The highest BCUT2D eigenvalue weighted by molar-refractivity contribution is 5.86. The van der Waals surface area contributed by atoms with Crippen LogP contribution in [0.15, 0.2) is 105 Å². The molecule has 42 heavy (non-hydrogen) atoms. The van der Waals surface area contributed by atoms with Crippen molar-refractivity contribution in [2.45, 2.75) is 13.5 Å². The molecule has 0 aliphatic carbocycles. The molecule has 0 saturated heterocycles. The Kier molecular flexibility index (Phi) is 6.93. The van der Waals surface area contributed by atoms with E-state index in [-0.39, 0.29) is 29.6 Å². The van der Waals surface area contributed by atoms with Gasteiger partial charge in [-0.3, -0.25) is 14.9 Å². The fourth-order valence-corrected chi connectivity index (χ4v) is 4.68. The van der Waals surface area contributed by atoms with Crippen molar-refractivity contribution in [2.75, 3.05) is 7.11 Å². The van der Waals surface area contributed by atoms with Crippen LogP contribution in [0.1, 0.15) is 16.7 Å². The van der Waals surface area contributed by atoms with Gasteiger partial charge >= 0.3 is 5.69 Å². The number of aryl methyl sites for hydroxylation is 1. The minimum absolute atomic E-state index is 0.00587. The molecule has 0 bridgehead atoms. The summed E-state index contributed by atoms with van der Waals surface area (Å²) in [6.45, 7) is 2.07. The smallest absolute Gasteiger partial charge is 0.315 e. The summed E-state index contributed by atoms with van der Waals surface area (Å²) in [6, 6.07) is 26.7. The summed E-state index contributed by atoms with van der Waals surface area (Å²) in [6.07, 6.45) is 1.34. The van der Waals surface area contributed by atoms with Crippen molar-refractivity contribution in [2.24, 2.45) is 5.10 Å². The van der Waals surface area contributed by atoms with E-state index in [2.05, 4.69) is 10.1 Å². The van der Waals surface area contributed by atoms with Crippen LogP contribution in [-0.4, -0.2) is 27.9 Å². The van der Waals surface area contributed by atoms with Crippen molar-refractivity contribution in [3.8, 4) is 23.1 Å². The number of furan rings is 1. The summed E-state index contributed by atoms with van der Waals surface area (Å²) in [5, 5.41) is 17.7. The summed E-state index contributed by atoms with van der Waals surface area (Å²) in [5.74, 6) is 0.679. The molecule has 0 unspecified atom stereocenters. The molecule has 6 rings (SSSR count). The molecule has 0 fully saturated rings. The van der Waals surface area contributed by atoms with Crippen LogP contribution < -0.4 is 15.0 Å². The van der Waals surface area contributed by atoms with Gasteiger partial charge in [0, 0.05) is 17.0 Å². The summed E-state index contributed by atoms with van der Waals surface area (Å²) in [4.78, 5) is 29.7. The molecule has 0 amide bonds. The Labute approximate surface area is 239 Å². The second-order valence-corrected chi connectivity index (χ2v) is 9.57. The Balaban J connectivity index is 1.43. The third kappa shape index (κ3) is 5.08. The first-order valence-corrected chi connectivity index (χ1v) is 13.0. The summed E-state index contributed by atoms with van der Waals surface area (Å²) < 4.78 is 18.5. The van der Waals surface area contributed by atoms with Crippen LogP contribution in [0.5, 0.6) is 11.5 Å². The molecule has 0 radical (unpaired) electrons. The Morgan fingerprint density at radius 2 is 1.83 bits per heavy atom. The number of methoxy groups -OCH3 is 1. The van der Waals surface area contributed by atoms with E-state index in [0.717, 1.165) is 21.2 Å². The molecule has 2 aromatic heterocycles. The Morgan fingerprint density at radius 3 is 2.62 bits per heavy atom. The van der Waals surface area contributed by atoms with Gasteiger partial charge in [-0.25, -0.2) is 4.98 Å². The highest BCUT2D eigenvalue weighted by Crippen LogP contribution is 2.38. The minimum atomic E-state index is -0.547. The molecule has 10 heteroatoms. The first kappa shape index (κ1) is 26.5. The molecule has 0 saturated carbocycles. The van der Waals surface area contributed by atoms with E-state index in [1.807, 2.05) is 55.5 Å². The Morgan fingerprint density at radius 1 is 1.02 bits per heavy atom. The van der Waals surface area contributed by atoms with Crippen LogP contribution in [0.4, 0.5) is 5.69 Å². The second-order valence-electron chi connectivity index (χ2n) is 9.57. The Bertz CT molecular complexity index is 2030. The molecule has 2 heterocycles. The number of fused-ring (bicyclic) bond motifs is 2. The maximum Gasteiger partial charge on any atom is 0.315 e. The average molecular weight is 561 g/mol. The molecule has 10 nitrogen and oxygen atoms in total. The zero-order chi connectivity index (χ0) is 29.2. The third-order valence-electron chi connectivity index (χ3n) is 6.66. The van der Waals surface area contributed by atoms with Gasteiger partial charge in [-0.05, 0) is 42.8 Å². The molecule has 4 aromatic carbocycles. The SMILES string of the molecule is COc1cc(C=Nn2c(-c3cc4ccccc4o3)nc3ccccc3c2=O)cc([N+](=O)[O-])c1OCc1cccc(C)c1. The number of nitro groups is 1. The summed E-state index contributed by atoms with van der Waals surface area (Å²) in [7, 11) is 1.40. The van der Waals surface area contributed by atoms with Gasteiger partial charge in [0.1, 0.15) is 12.2 Å². The number of nitrogens with zero attached hydrogens (tertiary/aromatic N) is 4. The predicted octanol–water partition coefficient (Wildman–Crippen LogP) is 6.50. The van der Waals surface area contributed by atoms with Crippen LogP contribution >= 0.6 is 0 Å². The lowest BCUT2D eigenvalue weighted by Gasteiger charge is -2.12. The zero-order valence-electron chi connectivity index (χ0n) is 22.7. The fraction of sp³-hybridized carbons (Fsp3) is 0.0938. The maximum atomic E-state index is 13.6. The number of nitro benzene ring substituents is 1. The van der Waals surface area contributed by atoms with Gasteiger partial charge in [-0.1, -0.05) is 60.2 Å². The highest BCUT2D eigenvalue weighted by atomic mass is 16.6. The molecule has 0 N–H and O–H groups in total. The van der Waals surface area contributed by atoms with E-state index in [1.54, 1.807) is 36.4 Å². The fourth-order valence-electron chi connectivity index (χ4n) is 4.68. The second kappa shape index (κ2) is 11.0. The molecule has 0 spiro atoms. The number of hydrogen-bond acceptors (Lipinski definition) is 8. The molecular weight excluding hydrogens is 536 g/mol. The number of hydrogen-bond donors (Lipinski definition) is 0. The van der Waals surface area contributed by atoms with E-state index >= 15 is 0 Å². The predicted molar refractivity (Wildman–Crippen MR) is 159 cm³/mol. The summed E-state index contributed by atoms with van der Waals surface area (Å²) in [5.41, 5.74) is 2.61. The van der Waals surface area contributed by atoms with Crippen LogP contribution in [0.25, 0.3) is 33.5 Å². The van der Waals surface area contributed by atoms with E-state index in [4.69, 9.17) is 13.9 Å². The van der Waals surface area contributed by atoms with E-state index in [1.165, 1.54) is 19.4 Å². The van der Waals surface area contributed by atoms with Crippen LogP contribution in [0, 0.1) is 17.0 Å². The molecule has 0 atom stereocenters. The van der Waals surface area contributed by atoms with Crippen LogP contribution in [0.2, 0.25) is 0 Å². The quantitative estimate of drug-likeness (QED) is 0.118. The standard InChI is InChI=1S/C32H24N4O6/c1-20-8-7-9-21(14-20)19-41-30-26(36(38)39)15-22(16-28(30)40-2)18-33-35-31(29-17-23-10-3-6-13-27(23)42-29)34-25-12-5-4-11-24(25)32(35)37/h3-18H,19H2,1-2H3. The topological polar surface area (TPSA) is 122 Å². The monoisotopic (exact) mass is 560 g/mol. The van der Waals surface area contributed by atoms with Crippen molar-refractivity contribution < 1.29 is 18.8 Å². The first-order valence-electron chi connectivity index (χ1n) is 13.0. The van der Waals surface area contributed by atoms with Gasteiger partial charge in [0.05, 0.1) is 29.2 Å². The van der Waals surface area contributed by atoms with Crippen LogP contribution in [-0.2, 0) is 6.61 Å². The zero-order valence-corrected chi connectivity index (χ0v) is 22.7. The van der Waals surface area contributed by atoms with Gasteiger partial charge in [-0.15, -0.1) is 0 Å². The molecule has 0 aliphatic heterocycles. The van der Waals surface area contributed by atoms with Gasteiger partial charge in [0.15, 0.2) is 11.5 Å². The Hall–Kier alpha value is -5.77. The number of benzene rings is 4. The molecular formula is C32H24N4O6. The van der Waals surface area contributed by atoms with E-state index in [0.29, 0.717) is 27.8 Å². The number of para-hydroxylation sites is 2. The van der Waals surface area contributed by atoms with Crippen molar-refractivity contribution in [1.82, 2.24) is 9.66 Å². The molecule has 0 aliphatic rings. The normalized spacial score (nSPS) is 11.4. The van der Waals surface area contributed by atoms with Gasteiger partial charge in [0.2, 0.25) is 11.6 Å². The van der Waals surface area contributed by atoms with Crippen LogP contribution in [0.3, 0.4) is 0 Å². The largest absolute Gasteiger partial charge is 0.493 e. The molecule has 208 valence electrons. The van der Waals surface area contributed by atoms with Crippen molar-refractivity contribution in [1.29, 1.82) is 0 Å². The lowest BCUT2D eigenvalue weighted by Crippen LogP contribution is -2.20. The van der Waals surface area contributed by atoms with Crippen molar-refractivity contribution in [3.63, 3.8) is 0 Å². The lowest BCUT2D eigenvalue weighted by molar-refractivity contribution is -0.386. The number of aromatic nitrogens is 2. The number of rotatable bonds is 8. The average Bonchev–Trinajstić information content (AvgIpc) is 3.43. The van der Waals surface area contributed by atoms with E-state index in [9.17, 15) is 14.9 Å². The summed E-state index contributed by atoms with van der Waals surface area (Å²) >= 11 is 0.